The molecule has 4 nitrogen and oxygen atoms in total. The molecule has 0 bridgehead atoms. The number of alkyl halides is 3. The van der Waals surface area contributed by atoms with Gasteiger partial charge in [-0.1, -0.05) is 23.5 Å². The smallest absolute Gasteiger partial charge is 0.361 e. The molecule has 1 aliphatic rings. The molecule has 1 saturated heterocycles. The van der Waals surface area contributed by atoms with Crippen molar-refractivity contribution < 1.29 is 17.6 Å². The lowest BCUT2D eigenvalue weighted by molar-refractivity contribution is -0.186. The number of piperidine rings is 1. The third-order valence-electron chi connectivity index (χ3n) is 5.37. The molecule has 3 heterocycles. The Kier molecular flexibility index (Phi) is 6.19. The largest absolute Gasteiger partial charge is 0.393 e. The van der Waals surface area contributed by atoms with Crippen LogP contribution in [0.3, 0.4) is 0 Å². The first kappa shape index (κ1) is 21.0. The number of benzene rings is 1. The molecule has 0 spiro atoms. The SMILES string of the molecule is Fc1cc2cc(-c3cnc(NCCCN4CCCC(C(F)(F)F)C4)s3)ccc2cn1. The van der Waals surface area contributed by atoms with Gasteiger partial charge in [-0.3, -0.25) is 0 Å². The van der Waals surface area contributed by atoms with Gasteiger partial charge in [-0.15, -0.1) is 0 Å². The lowest BCUT2D eigenvalue weighted by Crippen LogP contribution is -2.42. The van der Waals surface area contributed by atoms with Crippen molar-refractivity contribution in [2.24, 2.45) is 5.92 Å². The van der Waals surface area contributed by atoms with Gasteiger partial charge in [0.2, 0.25) is 5.95 Å². The van der Waals surface area contributed by atoms with Crippen LogP contribution in [0.5, 0.6) is 0 Å². The van der Waals surface area contributed by atoms with Gasteiger partial charge >= 0.3 is 6.18 Å². The second kappa shape index (κ2) is 8.85. The van der Waals surface area contributed by atoms with Crippen molar-refractivity contribution in [3.63, 3.8) is 0 Å². The summed E-state index contributed by atoms with van der Waals surface area (Å²) in [6.45, 7) is 2.12. The van der Waals surface area contributed by atoms with Crippen molar-refractivity contribution in [3.05, 3.63) is 42.6 Å². The van der Waals surface area contributed by atoms with E-state index in [4.69, 9.17) is 0 Å². The number of anilines is 1. The summed E-state index contributed by atoms with van der Waals surface area (Å²) in [5.41, 5.74) is 0.949. The summed E-state index contributed by atoms with van der Waals surface area (Å²) in [7, 11) is 0. The minimum atomic E-state index is -4.10. The molecule has 1 aliphatic heterocycles. The average molecular weight is 438 g/mol. The summed E-state index contributed by atoms with van der Waals surface area (Å²) >= 11 is 1.49. The van der Waals surface area contributed by atoms with Crippen molar-refractivity contribution in [2.45, 2.75) is 25.4 Å². The molecule has 9 heteroatoms. The molecule has 0 aliphatic carbocycles. The zero-order valence-corrected chi connectivity index (χ0v) is 17.1. The second-order valence-electron chi connectivity index (χ2n) is 7.56. The van der Waals surface area contributed by atoms with E-state index in [1.807, 2.05) is 23.1 Å². The monoisotopic (exact) mass is 438 g/mol. The maximum absolute atomic E-state index is 13.4. The molecule has 4 rings (SSSR count). The molecule has 0 amide bonds. The predicted octanol–water partition coefficient (Wildman–Crippen LogP) is 5.57. The molecular weight excluding hydrogens is 416 g/mol. The van der Waals surface area contributed by atoms with Crippen LogP contribution in [0.25, 0.3) is 21.2 Å². The number of nitrogens with zero attached hydrogens (tertiary/aromatic N) is 3. The van der Waals surface area contributed by atoms with E-state index in [-0.39, 0.29) is 13.0 Å². The van der Waals surface area contributed by atoms with E-state index in [2.05, 4.69) is 15.3 Å². The molecular formula is C21H22F4N4S. The van der Waals surface area contributed by atoms with Gasteiger partial charge < -0.3 is 10.2 Å². The van der Waals surface area contributed by atoms with Crippen LogP contribution in [0.4, 0.5) is 22.7 Å². The molecule has 1 atom stereocenters. The minimum Gasteiger partial charge on any atom is -0.361 e. The van der Waals surface area contributed by atoms with Gasteiger partial charge in [-0.05, 0) is 49.4 Å². The van der Waals surface area contributed by atoms with E-state index in [1.54, 1.807) is 6.20 Å². The molecule has 3 aromatic rings. The van der Waals surface area contributed by atoms with E-state index < -0.39 is 18.0 Å². The minimum absolute atomic E-state index is 0.100. The molecule has 0 saturated carbocycles. The highest BCUT2D eigenvalue weighted by Crippen LogP contribution is 2.33. The first-order valence-electron chi connectivity index (χ1n) is 9.93. The molecule has 0 radical (unpaired) electrons. The highest BCUT2D eigenvalue weighted by molar-refractivity contribution is 7.18. The Hall–Kier alpha value is -2.26. The maximum Gasteiger partial charge on any atom is 0.393 e. The Morgan fingerprint density at radius 3 is 2.83 bits per heavy atom. The van der Waals surface area contributed by atoms with Crippen LogP contribution in [-0.2, 0) is 0 Å². The van der Waals surface area contributed by atoms with Gasteiger partial charge in [0.05, 0.1) is 10.8 Å². The van der Waals surface area contributed by atoms with E-state index in [0.717, 1.165) is 39.3 Å². The van der Waals surface area contributed by atoms with Crippen LogP contribution in [0.2, 0.25) is 0 Å². The lowest BCUT2D eigenvalue weighted by atomic mass is 9.97. The number of hydrogen-bond donors (Lipinski definition) is 1. The maximum atomic E-state index is 13.4. The fourth-order valence-corrected chi connectivity index (χ4v) is 4.62. The number of halogens is 4. The Bertz CT molecular complexity index is 1000. The van der Waals surface area contributed by atoms with Gasteiger partial charge in [0.1, 0.15) is 0 Å². The number of fused-ring (bicyclic) bond motifs is 1. The molecule has 1 N–H and O–H groups in total. The number of aromatic nitrogens is 2. The number of hydrogen-bond acceptors (Lipinski definition) is 5. The summed E-state index contributed by atoms with van der Waals surface area (Å²) in [6.07, 6.45) is 0.760. The molecule has 160 valence electrons. The third kappa shape index (κ3) is 5.07. The number of rotatable bonds is 6. The highest BCUT2D eigenvalue weighted by atomic mass is 32.1. The standard InChI is InChI=1S/C21H22F4N4S/c22-19-10-16-9-14(4-5-15(16)11-27-19)18-12-28-20(30-18)26-6-2-8-29-7-1-3-17(13-29)21(23,24)25/h4-5,9-12,17H,1-3,6-8,13H2,(H,26,28). The Balaban J connectivity index is 1.29. The summed E-state index contributed by atoms with van der Waals surface area (Å²) in [5.74, 6) is -1.71. The molecule has 1 unspecified atom stereocenters. The number of thiazole rings is 1. The van der Waals surface area contributed by atoms with Crippen LogP contribution in [-0.4, -0.2) is 47.2 Å². The van der Waals surface area contributed by atoms with Crippen LogP contribution >= 0.6 is 11.3 Å². The van der Waals surface area contributed by atoms with Crippen molar-refractivity contribution in [1.29, 1.82) is 0 Å². The van der Waals surface area contributed by atoms with Crippen LogP contribution in [0, 0.1) is 11.9 Å². The summed E-state index contributed by atoms with van der Waals surface area (Å²) in [4.78, 5) is 10.9. The number of likely N-dealkylation sites (tertiary alicyclic amines) is 1. The van der Waals surface area contributed by atoms with Crippen LogP contribution < -0.4 is 5.32 Å². The van der Waals surface area contributed by atoms with Crippen molar-refractivity contribution in [2.75, 3.05) is 31.5 Å². The van der Waals surface area contributed by atoms with E-state index >= 15 is 0 Å². The van der Waals surface area contributed by atoms with Crippen molar-refractivity contribution >= 4 is 27.2 Å². The summed E-state index contributed by atoms with van der Waals surface area (Å²) < 4.78 is 52.1. The van der Waals surface area contributed by atoms with Gasteiger partial charge in [-0.25, -0.2) is 9.97 Å². The predicted molar refractivity (Wildman–Crippen MR) is 111 cm³/mol. The summed E-state index contributed by atoms with van der Waals surface area (Å²) in [5, 5.41) is 5.66. The fraction of sp³-hybridized carbons (Fsp3) is 0.429. The number of nitrogens with one attached hydrogen (secondary N) is 1. The average Bonchev–Trinajstić information content (AvgIpc) is 3.19. The molecule has 30 heavy (non-hydrogen) atoms. The fourth-order valence-electron chi connectivity index (χ4n) is 3.78. The van der Waals surface area contributed by atoms with Gasteiger partial charge in [0.25, 0.3) is 0 Å². The van der Waals surface area contributed by atoms with E-state index in [9.17, 15) is 17.6 Å². The Morgan fingerprint density at radius 1 is 1.13 bits per heavy atom. The first-order valence-corrected chi connectivity index (χ1v) is 10.7. The molecule has 1 fully saturated rings. The first-order chi connectivity index (χ1) is 14.4. The van der Waals surface area contributed by atoms with Crippen molar-refractivity contribution in [3.8, 4) is 10.4 Å². The Labute approximate surface area is 176 Å². The third-order valence-corrected chi connectivity index (χ3v) is 6.38. The van der Waals surface area contributed by atoms with Gasteiger partial charge in [0, 0.05) is 36.9 Å². The summed E-state index contributed by atoms with van der Waals surface area (Å²) in [6, 6.07) is 7.16. The van der Waals surface area contributed by atoms with Crippen molar-refractivity contribution in [1.82, 2.24) is 14.9 Å². The highest BCUT2D eigenvalue weighted by Gasteiger charge is 2.41. The zero-order valence-electron chi connectivity index (χ0n) is 16.3. The Morgan fingerprint density at radius 2 is 2.00 bits per heavy atom. The normalized spacial score (nSPS) is 18.1. The second-order valence-corrected chi connectivity index (χ2v) is 8.59. The van der Waals surface area contributed by atoms with E-state index in [1.165, 1.54) is 23.6 Å². The lowest BCUT2D eigenvalue weighted by Gasteiger charge is -2.33. The van der Waals surface area contributed by atoms with Gasteiger partial charge in [0.15, 0.2) is 5.13 Å². The van der Waals surface area contributed by atoms with E-state index in [0.29, 0.717) is 19.5 Å². The zero-order chi connectivity index (χ0) is 21.1. The topological polar surface area (TPSA) is 41.1 Å². The molecule has 1 aromatic carbocycles. The van der Waals surface area contributed by atoms with Crippen LogP contribution in [0.1, 0.15) is 19.3 Å². The van der Waals surface area contributed by atoms with Gasteiger partial charge in [-0.2, -0.15) is 17.6 Å². The quantitative estimate of drug-likeness (QED) is 0.310. The number of pyridine rings is 1. The van der Waals surface area contributed by atoms with Crippen LogP contribution in [0.15, 0.2) is 36.7 Å². The molecule has 2 aromatic heterocycles.